The van der Waals surface area contributed by atoms with Gasteiger partial charge in [-0.2, -0.15) is 26.3 Å². The summed E-state index contributed by atoms with van der Waals surface area (Å²) in [4.78, 5) is 38.8. The molecule has 2 amide bonds. The van der Waals surface area contributed by atoms with E-state index in [-0.39, 0.29) is 42.2 Å². The van der Waals surface area contributed by atoms with Crippen LogP contribution in [0.3, 0.4) is 0 Å². The molecule has 17 heteroatoms. The van der Waals surface area contributed by atoms with Crippen molar-refractivity contribution >= 4 is 23.7 Å². The number of hydrogen-bond acceptors (Lipinski definition) is 6. The van der Waals surface area contributed by atoms with Crippen molar-refractivity contribution < 1.29 is 68.1 Å². The van der Waals surface area contributed by atoms with E-state index in [1.165, 1.54) is 6.92 Å². The predicted molar refractivity (Wildman–Crippen MR) is 149 cm³/mol. The second-order valence-electron chi connectivity index (χ2n) is 11.6. The highest BCUT2D eigenvalue weighted by Gasteiger charge is 2.44. The summed E-state index contributed by atoms with van der Waals surface area (Å²) in [5, 5.41) is 2.64. The molecule has 2 aromatic carbocycles. The summed E-state index contributed by atoms with van der Waals surface area (Å²) >= 11 is 0. The molecular weight excluding hydrogens is 667 g/mol. The number of halogens is 9. The maximum absolute atomic E-state index is 13.5. The van der Waals surface area contributed by atoms with Gasteiger partial charge in [0.2, 0.25) is 5.91 Å². The van der Waals surface area contributed by atoms with E-state index in [9.17, 15) is 53.9 Å². The van der Waals surface area contributed by atoms with Gasteiger partial charge in [-0.05, 0) is 93.0 Å². The zero-order valence-electron chi connectivity index (χ0n) is 25.5. The number of alkyl halides is 9. The Labute approximate surface area is 268 Å². The molecule has 2 atom stereocenters. The number of cyclic esters (lactones) is 1. The molecule has 0 aromatic heterocycles. The van der Waals surface area contributed by atoms with Crippen LogP contribution in [0.2, 0.25) is 0 Å². The summed E-state index contributed by atoms with van der Waals surface area (Å²) in [5.41, 5.74) is -3.92. The van der Waals surface area contributed by atoms with Crippen molar-refractivity contribution in [2.45, 2.75) is 83.4 Å². The summed E-state index contributed by atoms with van der Waals surface area (Å²) in [6.45, 7) is 2.65. The van der Waals surface area contributed by atoms with Crippen LogP contribution in [0, 0.1) is 11.8 Å². The van der Waals surface area contributed by atoms with E-state index < -0.39 is 77.8 Å². The molecule has 1 saturated heterocycles. The fraction of sp³-hybridized carbons (Fsp3) is 0.516. The molecule has 2 fully saturated rings. The Hall–Kier alpha value is -4.18. The molecule has 4 rings (SSSR count). The molecule has 0 unspecified atom stereocenters. The number of nitrogens with zero attached hydrogens (tertiary/aromatic N) is 1. The number of hydrogen-bond donors (Lipinski definition) is 1. The summed E-state index contributed by atoms with van der Waals surface area (Å²) in [6.07, 6.45) is -16.1. The zero-order chi connectivity index (χ0) is 35.6. The third kappa shape index (κ3) is 9.24. The first-order valence-corrected chi connectivity index (χ1v) is 14.9. The van der Waals surface area contributed by atoms with Crippen LogP contribution in [0.4, 0.5) is 50.0 Å². The van der Waals surface area contributed by atoms with Crippen LogP contribution in [0.5, 0.6) is 5.75 Å². The van der Waals surface area contributed by atoms with Crippen molar-refractivity contribution in [2.24, 2.45) is 11.8 Å². The van der Waals surface area contributed by atoms with Crippen LogP contribution in [-0.4, -0.2) is 41.9 Å². The Morgan fingerprint density at radius 1 is 0.917 bits per heavy atom. The molecule has 8 nitrogen and oxygen atoms in total. The van der Waals surface area contributed by atoms with E-state index in [1.807, 2.05) is 0 Å². The Morgan fingerprint density at radius 3 is 2.06 bits per heavy atom. The highest BCUT2D eigenvalue weighted by Crippen LogP contribution is 2.42. The largest absolute Gasteiger partial charge is 0.573 e. The smallest absolute Gasteiger partial charge is 0.466 e. The number of anilines is 1. The maximum atomic E-state index is 13.5. The number of ether oxygens (including phenoxy) is 3. The van der Waals surface area contributed by atoms with Gasteiger partial charge in [-0.15, -0.1) is 13.2 Å². The molecule has 2 aliphatic rings. The highest BCUT2D eigenvalue weighted by atomic mass is 19.4. The fourth-order valence-electron chi connectivity index (χ4n) is 5.83. The first-order valence-electron chi connectivity index (χ1n) is 14.9. The Morgan fingerprint density at radius 2 is 1.52 bits per heavy atom. The first-order chi connectivity index (χ1) is 22.2. The van der Waals surface area contributed by atoms with E-state index in [1.54, 1.807) is 6.92 Å². The molecule has 2 aromatic rings. The van der Waals surface area contributed by atoms with Crippen molar-refractivity contribution in [3.63, 3.8) is 0 Å². The van der Waals surface area contributed by atoms with Gasteiger partial charge in [0.15, 0.2) is 0 Å². The van der Waals surface area contributed by atoms with E-state index in [4.69, 9.17) is 9.47 Å². The Kier molecular flexibility index (Phi) is 10.8. The Bertz CT molecular complexity index is 1470. The van der Waals surface area contributed by atoms with Gasteiger partial charge in [-0.25, -0.2) is 4.79 Å². The van der Waals surface area contributed by atoms with E-state index in [0.717, 1.165) is 23.1 Å². The van der Waals surface area contributed by atoms with Gasteiger partial charge in [0.05, 0.1) is 30.3 Å². The molecular formula is C31H31F9N2O6. The van der Waals surface area contributed by atoms with E-state index in [0.29, 0.717) is 37.8 Å². The number of benzene rings is 2. The number of amides is 2. The lowest BCUT2D eigenvalue weighted by molar-refractivity contribution is -0.274. The number of rotatable bonds is 9. The van der Waals surface area contributed by atoms with Crippen LogP contribution >= 0.6 is 0 Å². The van der Waals surface area contributed by atoms with E-state index >= 15 is 0 Å². The van der Waals surface area contributed by atoms with Crippen LogP contribution in [0.25, 0.3) is 0 Å². The van der Waals surface area contributed by atoms with Gasteiger partial charge in [-0.1, -0.05) is 0 Å². The third-order valence-corrected chi connectivity index (χ3v) is 8.22. The van der Waals surface area contributed by atoms with Crippen molar-refractivity contribution in [3.05, 3.63) is 58.7 Å². The summed E-state index contributed by atoms with van der Waals surface area (Å²) < 4.78 is 134. The second kappa shape index (κ2) is 14.1. The molecule has 264 valence electrons. The normalized spacial score (nSPS) is 21.9. The van der Waals surface area contributed by atoms with Gasteiger partial charge >= 0.3 is 30.8 Å². The van der Waals surface area contributed by atoms with Gasteiger partial charge in [0.25, 0.3) is 0 Å². The van der Waals surface area contributed by atoms with Crippen molar-refractivity contribution in [1.82, 2.24) is 4.90 Å². The standard InChI is InChI=1S/C31H31F9N2O6/c1-3-46-25(43)10-17-4-6-18(7-5-17)27(44)41-24-9-8-23(48-31(38,39)40)13-20(24)15-42-16(2)26(47-28(42)45)19-11-21(29(32,33)34)14-22(12-19)30(35,36)37/h8-9,11-14,16-18,26H,3-7,10,15H2,1-2H3,(H,41,44)/t16-,17?,18?,26-/m0/s1. The zero-order valence-corrected chi connectivity index (χ0v) is 25.5. The molecule has 0 radical (unpaired) electrons. The SMILES string of the molecule is CCOC(=O)CC1CCC(C(=O)Nc2ccc(OC(F)(F)F)cc2CN2C(=O)O[C@H](c3cc(C(F)(F)F)cc(C(F)(F)F)c3)[C@@H]2C)CC1. The second-order valence-corrected chi connectivity index (χ2v) is 11.6. The molecule has 1 saturated carbocycles. The number of esters is 1. The summed E-state index contributed by atoms with van der Waals surface area (Å²) in [6, 6.07) is 2.53. The third-order valence-electron chi connectivity index (χ3n) is 8.22. The number of carbonyl (C=O) groups excluding carboxylic acids is 3. The van der Waals surface area contributed by atoms with Gasteiger partial charge in [0, 0.05) is 18.0 Å². The van der Waals surface area contributed by atoms with Crippen molar-refractivity contribution in [1.29, 1.82) is 0 Å². The minimum atomic E-state index is -5.16. The average molecular weight is 699 g/mol. The Balaban J connectivity index is 1.57. The van der Waals surface area contributed by atoms with Crippen LogP contribution in [-0.2, 0) is 38.0 Å². The van der Waals surface area contributed by atoms with Crippen LogP contribution < -0.4 is 10.1 Å². The number of carbonyl (C=O) groups is 3. The average Bonchev–Trinajstić information content (AvgIpc) is 3.25. The van der Waals surface area contributed by atoms with Crippen LogP contribution in [0.15, 0.2) is 36.4 Å². The van der Waals surface area contributed by atoms with Crippen LogP contribution in [0.1, 0.15) is 74.3 Å². The minimum Gasteiger partial charge on any atom is -0.466 e. The number of nitrogens with one attached hydrogen (secondary N) is 1. The van der Waals surface area contributed by atoms with Gasteiger partial charge in [-0.3, -0.25) is 14.5 Å². The topological polar surface area (TPSA) is 94.2 Å². The highest BCUT2D eigenvalue weighted by molar-refractivity contribution is 5.93. The van der Waals surface area contributed by atoms with Gasteiger partial charge < -0.3 is 19.5 Å². The van der Waals surface area contributed by atoms with Crippen molar-refractivity contribution in [2.75, 3.05) is 11.9 Å². The minimum absolute atomic E-state index is 0.00921. The maximum Gasteiger partial charge on any atom is 0.573 e. The lowest BCUT2D eigenvalue weighted by atomic mass is 9.80. The first kappa shape index (κ1) is 36.7. The predicted octanol–water partition coefficient (Wildman–Crippen LogP) is 8.40. The molecule has 1 heterocycles. The summed E-state index contributed by atoms with van der Waals surface area (Å²) in [7, 11) is 0. The lowest BCUT2D eigenvalue weighted by Crippen LogP contribution is -2.32. The molecule has 1 aliphatic heterocycles. The lowest BCUT2D eigenvalue weighted by Gasteiger charge is -2.28. The van der Waals surface area contributed by atoms with Crippen molar-refractivity contribution in [3.8, 4) is 5.75 Å². The summed E-state index contributed by atoms with van der Waals surface area (Å²) in [5.74, 6) is -2.02. The molecule has 0 spiro atoms. The van der Waals surface area contributed by atoms with Gasteiger partial charge in [0.1, 0.15) is 11.9 Å². The van der Waals surface area contributed by atoms with E-state index in [2.05, 4.69) is 10.1 Å². The molecule has 1 N–H and O–H groups in total. The fourth-order valence-corrected chi connectivity index (χ4v) is 5.83. The molecule has 1 aliphatic carbocycles. The molecule has 0 bridgehead atoms. The molecule has 48 heavy (non-hydrogen) atoms. The monoisotopic (exact) mass is 698 g/mol. The quantitative estimate of drug-likeness (QED) is 0.209.